The Hall–Kier alpha value is -2.23. The van der Waals surface area contributed by atoms with Gasteiger partial charge in [0.25, 0.3) is 5.79 Å². The van der Waals surface area contributed by atoms with E-state index in [4.69, 9.17) is 13.6 Å². The molecule has 0 aliphatic heterocycles. The summed E-state index contributed by atoms with van der Waals surface area (Å²) in [7, 11) is -5.02. The van der Waals surface area contributed by atoms with Gasteiger partial charge in [0, 0.05) is 18.8 Å². The number of allylic oxidation sites excluding steroid dienone is 1. The van der Waals surface area contributed by atoms with Crippen LogP contribution in [-0.2, 0) is 18.4 Å². The molecule has 0 bridgehead atoms. The van der Waals surface area contributed by atoms with Crippen LogP contribution in [0.1, 0.15) is 73.6 Å². The normalized spacial score (nSPS) is 18.7. The van der Waals surface area contributed by atoms with Crippen molar-refractivity contribution in [1.29, 1.82) is 0 Å². The summed E-state index contributed by atoms with van der Waals surface area (Å²) in [6.07, 6.45) is 10.6. The Morgan fingerprint density at radius 3 is 2.07 bits per heavy atom. The summed E-state index contributed by atoms with van der Waals surface area (Å²) in [5, 5.41) is 10.2. The first-order valence-corrected chi connectivity index (χ1v) is 21.0. The molecule has 6 nitrogen and oxygen atoms in total. The van der Waals surface area contributed by atoms with Gasteiger partial charge >= 0.3 is 5.97 Å². The topological polar surface area (TPSA) is 82.1 Å². The SMILES string of the molecule is CC(C)(C)[Si](C)(C)OC(CC=C=CC[C@H]1C(=O)CC[C@@H]1/C=C/CCOc1ccccc1)(O[Si](C)(C)C(C)(C)C)C(=O)O. The van der Waals surface area contributed by atoms with Crippen LogP contribution in [0.25, 0.3) is 0 Å². The predicted octanol–water partition coefficient (Wildman–Crippen LogP) is 8.92. The molecule has 1 saturated carbocycles. The van der Waals surface area contributed by atoms with Crippen molar-refractivity contribution in [2.45, 2.75) is 116 Å². The molecule has 0 spiro atoms. The second kappa shape index (κ2) is 14.5. The number of para-hydroxylation sites is 1. The molecule has 1 aromatic rings. The lowest BCUT2D eigenvalue weighted by Gasteiger charge is -2.48. The summed E-state index contributed by atoms with van der Waals surface area (Å²) in [5.41, 5.74) is 3.17. The monoisotopic (exact) mass is 614 g/mol. The van der Waals surface area contributed by atoms with Crippen LogP contribution in [0, 0.1) is 11.8 Å². The third-order valence-electron chi connectivity index (χ3n) is 9.09. The first kappa shape index (κ1) is 36.0. The molecule has 2 atom stereocenters. The van der Waals surface area contributed by atoms with Gasteiger partial charge in [-0.3, -0.25) is 4.79 Å². The molecule has 0 amide bonds. The molecule has 1 fully saturated rings. The quantitative estimate of drug-likeness (QED) is 0.0741. The minimum Gasteiger partial charge on any atom is -0.493 e. The molecule has 2 rings (SSSR count). The Kier molecular flexibility index (Phi) is 12.4. The lowest BCUT2D eigenvalue weighted by molar-refractivity contribution is -0.191. The largest absolute Gasteiger partial charge is 0.493 e. The van der Waals surface area contributed by atoms with E-state index in [0.717, 1.165) is 18.6 Å². The second-order valence-electron chi connectivity index (χ2n) is 14.5. The second-order valence-corrected chi connectivity index (χ2v) is 23.9. The summed E-state index contributed by atoms with van der Waals surface area (Å²) >= 11 is 0. The van der Waals surface area contributed by atoms with Crippen molar-refractivity contribution in [1.82, 2.24) is 0 Å². The zero-order chi connectivity index (χ0) is 31.8. The van der Waals surface area contributed by atoms with Crippen LogP contribution < -0.4 is 4.74 Å². The van der Waals surface area contributed by atoms with Gasteiger partial charge in [0.05, 0.1) is 6.61 Å². The van der Waals surface area contributed by atoms with Crippen molar-refractivity contribution in [2.24, 2.45) is 11.8 Å². The van der Waals surface area contributed by atoms with E-state index >= 15 is 0 Å². The first-order valence-electron chi connectivity index (χ1n) is 15.2. The zero-order valence-corrected chi connectivity index (χ0v) is 29.6. The van der Waals surface area contributed by atoms with E-state index in [2.05, 4.69) is 59.4 Å². The van der Waals surface area contributed by atoms with E-state index in [1.165, 1.54) is 0 Å². The van der Waals surface area contributed by atoms with Gasteiger partial charge in [0.1, 0.15) is 11.5 Å². The standard InChI is InChI=1S/C34H54O6Si2/c1-32(2,3)41(7,8)39-34(31(36)37,40-42(9,10)33(4,5)6)25-17-12-15-22-29-27(23-24-30(29)35)19-16-18-26-38-28-20-13-11-14-21-28/h11,13-17,19-21,27,29H,18,22-26H2,1-10H3,(H,36,37)/b19-16+/t12?,27-,29+/m0/s1. The summed E-state index contributed by atoms with van der Waals surface area (Å²) in [6, 6.07) is 9.74. The fourth-order valence-electron chi connectivity index (χ4n) is 4.38. The maximum Gasteiger partial charge on any atom is 0.362 e. The first-order chi connectivity index (χ1) is 19.3. The molecule has 0 heterocycles. The number of aliphatic carboxylic acids is 1. The van der Waals surface area contributed by atoms with Crippen molar-refractivity contribution < 1.29 is 28.3 Å². The van der Waals surface area contributed by atoms with Crippen LogP contribution >= 0.6 is 0 Å². The van der Waals surface area contributed by atoms with Crippen LogP contribution in [0.5, 0.6) is 5.75 Å². The zero-order valence-electron chi connectivity index (χ0n) is 27.6. The molecule has 1 aliphatic carbocycles. The van der Waals surface area contributed by atoms with Crippen molar-refractivity contribution in [2.75, 3.05) is 6.61 Å². The van der Waals surface area contributed by atoms with Crippen molar-refractivity contribution in [3.63, 3.8) is 0 Å². The maximum absolute atomic E-state index is 12.9. The van der Waals surface area contributed by atoms with E-state index in [1.54, 1.807) is 6.08 Å². The van der Waals surface area contributed by atoms with Gasteiger partial charge < -0.3 is 18.7 Å². The van der Waals surface area contributed by atoms with E-state index < -0.39 is 28.4 Å². The molecule has 1 aromatic carbocycles. The van der Waals surface area contributed by atoms with E-state index in [0.29, 0.717) is 19.4 Å². The van der Waals surface area contributed by atoms with Gasteiger partial charge in [-0.05, 0) is 85.7 Å². The van der Waals surface area contributed by atoms with E-state index in [1.807, 2.05) is 62.6 Å². The third-order valence-corrected chi connectivity index (χ3v) is 18.0. The van der Waals surface area contributed by atoms with Crippen LogP contribution in [0.4, 0.5) is 0 Å². The number of ketones is 1. The Morgan fingerprint density at radius 1 is 0.976 bits per heavy atom. The number of hydrogen-bond acceptors (Lipinski definition) is 5. The van der Waals surface area contributed by atoms with Crippen molar-refractivity contribution in [3.8, 4) is 5.75 Å². The summed E-state index contributed by atoms with van der Waals surface area (Å²) in [6.45, 7) is 21.3. The van der Waals surface area contributed by atoms with Gasteiger partial charge in [0.2, 0.25) is 0 Å². The summed E-state index contributed by atoms with van der Waals surface area (Å²) < 4.78 is 18.9. The number of ether oxygens (including phenoxy) is 1. The highest BCUT2D eigenvalue weighted by molar-refractivity contribution is 6.75. The highest BCUT2D eigenvalue weighted by atomic mass is 28.4. The molecule has 0 saturated heterocycles. The van der Waals surface area contributed by atoms with Gasteiger partial charge in [-0.2, -0.15) is 0 Å². The van der Waals surface area contributed by atoms with Crippen molar-refractivity contribution >= 4 is 28.4 Å². The van der Waals surface area contributed by atoms with E-state index in [9.17, 15) is 14.7 Å². The Balaban J connectivity index is 2.15. The number of benzene rings is 1. The summed E-state index contributed by atoms with van der Waals surface area (Å²) in [4.78, 5) is 25.5. The number of carbonyl (C=O) groups is 2. The number of carboxylic acid groups (broad SMARTS) is 1. The Morgan fingerprint density at radius 2 is 1.55 bits per heavy atom. The lowest BCUT2D eigenvalue weighted by Crippen LogP contribution is -2.60. The number of hydrogen-bond donors (Lipinski definition) is 1. The van der Waals surface area contributed by atoms with E-state index in [-0.39, 0.29) is 34.1 Å². The van der Waals surface area contributed by atoms with Crippen LogP contribution in [0.15, 0.2) is 60.4 Å². The van der Waals surface area contributed by atoms with Gasteiger partial charge in [0.15, 0.2) is 16.6 Å². The van der Waals surface area contributed by atoms with Gasteiger partial charge in [-0.15, -0.1) is 5.73 Å². The molecule has 0 radical (unpaired) electrons. The number of carboxylic acids is 1. The molecule has 42 heavy (non-hydrogen) atoms. The van der Waals surface area contributed by atoms with Crippen LogP contribution in [0.3, 0.4) is 0 Å². The average molecular weight is 615 g/mol. The Labute approximate surface area is 256 Å². The third kappa shape index (κ3) is 9.92. The molecule has 8 heteroatoms. The highest BCUT2D eigenvalue weighted by Crippen LogP contribution is 2.45. The molecule has 1 N–H and O–H groups in total. The number of carbonyl (C=O) groups excluding carboxylic acids is 1. The lowest BCUT2D eigenvalue weighted by atomic mass is 9.91. The Bertz CT molecular complexity index is 1110. The molecule has 0 aromatic heterocycles. The predicted molar refractivity (Wildman–Crippen MR) is 176 cm³/mol. The molecular formula is C34H54O6Si2. The minimum atomic E-state index is -2.51. The fourth-order valence-corrected chi connectivity index (χ4v) is 7.15. The number of rotatable bonds is 14. The molecule has 234 valence electrons. The van der Waals surface area contributed by atoms with Gasteiger partial charge in [-0.25, -0.2) is 4.79 Å². The van der Waals surface area contributed by atoms with Crippen LogP contribution in [0.2, 0.25) is 36.3 Å². The molecule has 1 aliphatic rings. The average Bonchev–Trinajstić information content (AvgIpc) is 3.21. The molecular weight excluding hydrogens is 561 g/mol. The van der Waals surface area contributed by atoms with Crippen LogP contribution in [-0.4, -0.2) is 45.9 Å². The summed E-state index contributed by atoms with van der Waals surface area (Å²) in [5.74, 6) is -1.67. The maximum atomic E-state index is 12.9. The number of Topliss-reactive ketones (excluding diaryl/α,β-unsaturated/α-hetero) is 1. The fraction of sp³-hybridized carbons (Fsp3) is 0.618. The highest BCUT2D eigenvalue weighted by Gasteiger charge is 2.54. The minimum absolute atomic E-state index is 0.0429. The van der Waals surface area contributed by atoms with Gasteiger partial charge in [-0.1, -0.05) is 71.9 Å². The molecule has 0 unspecified atom stereocenters. The van der Waals surface area contributed by atoms with Crippen molar-refractivity contribution in [3.05, 3.63) is 60.4 Å². The smallest absolute Gasteiger partial charge is 0.362 e.